The predicted molar refractivity (Wildman–Crippen MR) is 98.7 cm³/mol. The van der Waals surface area contributed by atoms with E-state index in [0.29, 0.717) is 18.9 Å². The molecule has 0 aliphatic carbocycles. The molecule has 0 saturated heterocycles. The zero-order valence-electron chi connectivity index (χ0n) is 14.4. The highest BCUT2D eigenvalue weighted by Gasteiger charge is 2.09. The molecule has 6 heteroatoms. The SMILES string of the molecule is COc1ccc(OCCSCC(=O)N(C)Cc2ccc(F)cc2)cc1. The minimum Gasteiger partial charge on any atom is -0.497 e. The van der Waals surface area contributed by atoms with Crippen molar-refractivity contribution in [2.45, 2.75) is 6.54 Å². The van der Waals surface area contributed by atoms with Gasteiger partial charge in [-0.1, -0.05) is 12.1 Å². The van der Waals surface area contributed by atoms with Crippen molar-refractivity contribution in [1.82, 2.24) is 4.90 Å². The quantitative estimate of drug-likeness (QED) is 0.638. The second-order valence-electron chi connectivity index (χ2n) is 5.45. The van der Waals surface area contributed by atoms with Gasteiger partial charge in [-0.05, 0) is 42.0 Å². The molecule has 2 rings (SSSR count). The smallest absolute Gasteiger partial charge is 0.232 e. The third-order valence-electron chi connectivity index (χ3n) is 3.54. The van der Waals surface area contributed by atoms with Crippen LogP contribution in [-0.2, 0) is 11.3 Å². The van der Waals surface area contributed by atoms with Crippen molar-refractivity contribution in [3.63, 3.8) is 0 Å². The van der Waals surface area contributed by atoms with E-state index in [1.54, 1.807) is 31.2 Å². The molecule has 0 radical (unpaired) electrons. The molecule has 1 amide bonds. The first-order valence-electron chi connectivity index (χ1n) is 7.91. The van der Waals surface area contributed by atoms with E-state index in [-0.39, 0.29) is 11.7 Å². The lowest BCUT2D eigenvalue weighted by Gasteiger charge is -2.17. The molecule has 0 aromatic heterocycles. The maximum absolute atomic E-state index is 12.9. The Hall–Kier alpha value is -2.21. The van der Waals surface area contributed by atoms with E-state index in [1.165, 1.54) is 23.9 Å². The summed E-state index contributed by atoms with van der Waals surface area (Å²) >= 11 is 1.53. The van der Waals surface area contributed by atoms with E-state index in [0.717, 1.165) is 22.8 Å². The van der Waals surface area contributed by atoms with Crippen molar-refractivity contribution in [3.05, 3.63) is 59.9 Å². The highest BCUT2D eigenvalue weighted by atomic mass is 32.2. The summed E-state index contributed by atoms with van der Waals surface area (Å²) in [6.07, 6.45) is 0. The average Bonchev–Trinajstić information content (AvgIpc) is 2.63. The molecule has 2 aromatic rings. The van der Waals surface area contributed by atoms with Gasteiger partial charge in [-0.2, -0.15) is 0 Å². The number of amides is 1. The van der Waals surface area contributed by atoms with E-state index < -0.39 is 0 Å². The minimum absolute atomic E-state index is 0.0405. The molecule has 0 heterocycles. The largest absolute Gasteiger partial charge is 0.497 e. The third-order valence-corrected chi connectivity index (χ3v) is 4.45. The number of hydrogen-bond acceptors (Lipinski definition) is 4. The van der Waals surface area contributed by atoms with Crippen LogP contribution in [0.2, 0.25) is 0 Å². The number of nitrogens with zero attached hydrogens (tertiary/aromatic N) is 1. The number of carbonyl (C=O) groups excluding carboxylic acids is 1. The number of ether oxygens (including phenoxy) is 2. The standard InChI is InChI=1S/C19H22FNO3S/c1-21(13-15-3-5-16(20)6-4-15)19(22)14-25-12-11-24-18-9-7-17(23-2)8-10-18/h3-10H,11-14H2,1-2H3. The van der Waals surface area contributed by atoms with Gasteiger partial charge in [0, 0.05) is 19.3 Å². The van der Waals surface area contributed by atoms with Crippen LogP contribution in [0.25, 0.3) is 0 Å². The molecule has 4 nitrogen and oxygen atoms in total. The Labute approximate surface area is 151 Å². The number of halogens is 1. The molecular weight excluding hydrogens is 341 g/mol. The van der Waals surface area contributed by atoms with Crippen molar-refractivity contribution in [3.8, 4) is 11.5 Å². The monoisotopic (exact) mass is 363 g/mol. The first-order valence-corrected chi connectivity index (χ1v) is 9.07. The Bertz CT molecular complexity index is 661. The normalized spacial score (nSPS) is 10.4. The molecule has 0 aliphatic heterocycles. The summed E-state index contributed by atoms with van der Waals surface area (Å²) in [5.41, 5.74) is 0.907. The van der Waals surface area contributed by atoms with Crippen LogP contribution in [-0.4, -0.2) is 43.1 Å². The predicted octanol–water partition coefficient (Wildman–Crippen LogP) is 3.60. The molecule has 0 bridgehead atoms. The van der Waals surface area contributed by atoms with Crippen molar-refractivity contribution in [2.24, 2.45) is 0 Å². The van der Waals surface area contributed by atoms with Crippen molar-refractivity contribution in [2.75, 3.05) is 32.3 Å². The van der Waals surface area contributed by atoms with E-state index in [2.05, 4.69) is 0 Å². The van der Waals surface area contributed by atoms with Gasteiger partial charge in [0.2, 0.25) is 5.91 Å². The average molecular weight is 363 g/mol. The summed E-state index contributed by atoms with van der Waals surface area (Å²) in [6.45, 7) is 1.01. The fourth-order valence-corrected chi connectivity index (χ4v) is 2.85. The van der Waals surface area contributed by atoms with Crippen molar-refractivity contribution >= 4 is 17.7 Å². The summed E-state index contributed by atoms with van der Waals surface area (Å²) < 4.78 is 23.6. The second kappa shape index (κ2) is 9.93. The fraction of sp³-hybridized carbons (Fsp3) is 0.316. The zero-order chi connectivity index (χ0) is 18.1. The van der Waals surface area contributed by atoms with Crippen LogP contribution in [0.5, 0.6) is 11.5 Å². The minimum atomic E-state index is -0.273. The Kier molecular flexibility index (Phi) is 7.60. The van der Waals surface area contributed by atoms with E-state index >= 15 is 0 Å². The van der Waals surface area contributed by atoms with Crippen molar-refractivity contribution in [1.29, 1.82) is 0 Å². The van der Waals surface area contributed by atoms with Crippen LogP contribution >= 0.6 is 11.8 Å². The number of carbonyl (C=O) groups is 1. The first kappa shape index (κ1) is 19.1. The Morgan fingerprint density at radius 3 is 2.36 bits per heavy atom. The molecule has 25 heavy (non-hydrogen) atoms. The molecule has 0 saturated carbocycles. The Morgan fingerprint density at radius 1 is 1.08 bits per heavy atom. The molecule has 0 aliphatic rings. The maximum atomic E-state index is 12.9. The summed E-state index contributed by atoms with van der Waals surface area (Å²) in [6, 6.07) is 13.6. The lowest BCUT2D eigenvalue weighted by molar-refractivity contribution is -0.127. The van der Waals surface area contributed by atoms with Crippen LogP contribution < -0.4 is 9.47 Å². The van der Waals surface area contributed by atoms with Crippen LogP contribution in [0.15, 0.2) is 48.5 Å². The van der Waals surface area contributed by atoms with Gasteiger partial charge in [0.25, 0.3) is 0 Å². The molecule has 0 spiro atoms. The van der Waals surface area contributed by atoms with Crippen LogP contribution in [0, 0.1) is 5.82 Å². The van der Waals surface area contributed by atoms with Crippen molar-refractivity contribution < 1.29 is 18.7 Å². The molecule has 2 aromatic carbocycles. The van der Waals surface area contributed by atoms with Gasteiger partial charge in [0.1, 0.15) is 17.3 Å². The zero-order valence-corrected chi connectivity index (χ0v) is 15.2. The Balaban J connectivity index is 1.63. The van der Waals surface area contributed by atoms with Gasteiger partial charge in [0.15, 0.2) is 0 Å². The molecule has 0 fully saturated rings. The molecule has 0 N–H and O–H groups in total. The molecule has 0 atom stereocenters. The van der Waals surface area contributed by atoms with Gasteiger partial charge in [-0.3, -0.25) is 4.79 Å². The molecular formula is C19H22FNO3S. The highest BCUT2D eigenvalue weighted by Crippen LogP contribution is 2.17. The second-order valence-corrected chi connectivity index (χ2v) is 6.56. The van der Waals surface area contributed by atoms with E-state index in [4.69, 9.17) is 9.47 Å². The summed E-state index contributed by atoms with van der Waals surface area (Å²) in [7, 11) is 3.37. The lowest BCUT2D eigenvalue weighted by atomic mass is 10.2. The third kappa shape index (κ3) is 6.66. The van der Waals surface area contributed by atoms with Gasteiger partial charge in [-0.25, -0.2) is 4.39 Å². The van der Waals surface area contributed by atoms with Gasteiger partial charge >= 0.3 is 0 Å². The maximum Gasteiger partial charge on any atom is 0.232 e. The Morgan fingerprint density at radius 2 is 1.72 bits per heavy atom. The highest BCUT2D eigenvalue weighted by molar-refractivity contribution is 7.99. The number of methoxy groups -OCH3 is 1. The number of benzene rings is 2. The lowest BCUT2D eigenvalue weighted by Crippen LogP contribution is -2.28. The van der Waals surface area contributed by atoms with Crippen LogP contribution in [0.1, 0.15) is 5.56 Å². The summed E-state index contributed by atoms with van der Waals surface area (Å²) in [5.74, 6) is 2.45. The molecule has 134 valence electrons. The van der Waals surface area contributed by atoms with E-state index in [9.17, 15) is 9.18 Å². The van der Waals surface area contributed by atoms with Gasteiger partial charge < -0.3 is 14.4 Å². The first-order chi connectivity index (χ1) is 12.1. The topological polar surface area (TPSA) is 38.8 Å². The van der Waals surface area contributed by atoms with E-state index in [1.807, 2.05) is 24.3 Å². The van der Waals surface area contributed by atoms with Gasteiger partial charge in [0.05, 0.1) is 19.5 Å². The number of thioether (sulfide) groups is 1. The van der Waals surface area contributed by atoms with Crippen LogP contribution in [0.4, 0.5) is 4.39 Å². The van der Waals surface area contributed by atoms with Gasteiger partial charge in [-0.15, -0.1) is 11.8 Å². The van der Waals surface area contributed by atoms with Crippen LogP contribution in [0.3, 0.4) is 0 Å². The number of hydrogen-bond donors (Lipinski definition) is 0. The fourth-order valence-electron chi connectivity index (χ4n) is 2.11. The summed E-state index contributed by atoms with van der Waals surface area (Å²) in [4.78, 5) is 13.7. The molecule has 0 unspecified atom stereocenters. The number of rotatable bonds is 9. The summed E-state index contributed by atoms with van der Waals surface area (Å²) in [5, 5.41) is 0.